The Kier molecular flexibility index (Phi) is 4.88. The van der Waals surface area contributed by atoms with E-state index in [1.165, 1.54) is 0 Å². The predicted molar refractivity (Wildman–Crippen MR) is 84.5 cm³/mol. The zero-order valence-corrected chi connectivity index (χ0v) is 13.8. The van der Waals surface area contributed by atoms with E-state index in [4.69, 9.17) is 34.8 Å². The maximum atomic E-state index is 12.4. The topological polar surface area (TPSA) is 20.3 Å². The van der Waals surface area contributed by atoms with Crippen LogP contribution in [0.1, 0.15) is 19.4 Å². The Bertz CT molecular complexity index is 486. The highest BCUT2D eigenvalue weighted by molar-refractivity contribution is 6.52. The van der Waals surface area contributed by atoms with Gasteiger partial charge in [0, 0.05) is 24.0 Å². The van der Waals surface area contributed by atoms with Crippen LogP contribution in [0.5, 0.6) is 0 Å². The zero-order chi connectivity index (χ0) is 14.9. The second kappa shape index (κ2) is 6.13. The quantitative estimate of drug-likeness (QED) is 0.740. The number of likely N-dealkylation sites (N-methyl/N-ethyl adjacent to an activating group) is 1. The third kappa shape index (κ3) is 3.24. The van der Waals surface area contributed by atoms with E-state index in [0.29, 0.717) is 13.1 Å². The molecule has 0 spiro atoms. The molecule has 1 amide bonds. The first kappa shape index (κ1) is 15.9. The van der Waals surface area contributed by atoms with E-state index < -0.39 is 4.33 Å². The average molecular weight is 335 g/mol. The minimum Gasteiger partial charge on any atom is -0.342 e. The summed E-state index contributed by atoms with van der Waals surface area (Å²) in [5.74, 6) is -0.183. The molecule has 2 rings (SSSR count). The summed E-state index contributed by atoms with van der Waals surface area (Å²) < 4.78 is -0.884. The van der Waals surface area contributed by atoms with Crippen molar-refractivity contribution < 1.29 is 4.79 Å². The third-order valence-electron chi connectivity index (χ3n) is 3.96. The summed E-state index contributed by atoms with van der Waals surface area (Å²) in [6.07, 6.45) is 0.801. The molecular weight excluding hydrogens is 317 g/mol. The van der Waals surface area contributed by atoms with Gasteiger partial charge in [-0.1, -0.05) is 30.7 Å². The molecule has 1 aromatic rings. The zero-order valence-electron chi connectivity index (χ0n) is 11.6. The minimum absolute atomic E-state index is 0.0305. The number of rotatable bonds is 5. The molecule has 1 aliphatic carbocycles. The number of alkyl halides is 2. The fraction of sp³-hybridized carbons (Fsp3) is 0.533. The Morgan fingerprint density at radius 3 is 2.30 bits per heavy atom. The summed E-state index contributed by atoms with van der Waals surface area (Å²) in [5.41, 5.74) is 1.16. The van der Waals surface area contributed by atoms with Gasteiger partial charge in [-0.25, -0.2) is 0 Å². The summed E-state index contributed by atoms with van der Waals surface area (Å²) >= 11 is 18.0. The summed E-state index contributed by atoms with van der Waals surface area (Å²) in [7, 11) is 0. The molecule has 0 heterocycles. The van der Waals surface area contributed by atoms with Gasteiger partial charge in [0.05, 0.1) is 5.92 Å². The van der Waals surface area contributed by atoms with Gasteiger partial charge in [-0.3, -0.25) is 4.79 Å². The van der Waals surface area contributed by atoms with E-state index in [1.807, 2.05) is 43.0 Å². The van der Waals surface area contributed by atoms with Gasteiger partial charge in [0.1, 0.15) is 4.33 Å². The maximum absolute atomic E-state index is 12.4. The van der Waals surface area contributed by atoms with Crippen molar-refractivity contribution in [1.82, 2.24) is 4.90 Å². The van der Waals surface area contributed by atoms with E-state index >= 15 is 0 Å². The molecule has 0 N–H and O–H groups in total. The molecule has 0 bridgehead atoms. The second-order valence-electron chi connectivity index (χ2n) is 5.24. The second-order valence-corrected chi connectivity index (χ2v) is 7.12. The predicted octanol–water partition coefficient (Wildman–Crippen LogP) is 4.17. The van der Waals surface area contributed by atoms with Crippen molar-refractivity contribution in [3.05, 3.63) is 34.9 Å². The lowest BCUT2D eigenvalue weighted by Gasteiger charge is -2.21. The van der Waals surface area contributed by atoms with Crippen LogP contribution in [0.2, 0.25) is 5.02 Å². The Morgan fingerprint density at radius 2 is 1.85 bits per heavy atom. The minimum atomic E-state index is -0.884. The van der Waals surface area contributed by atoms with Crippen LogP contribution in [0.3, 0.4) is 0 Å². The fourth-order valence-corrected chi connectivity index (χ4v) is 3.21. The first-order chi connectivity index (χ1) is 9.37. The van der Waals surface area contributed by atoms with Gasteiger partial charge >= 0.3 is 0 Å². The molecule has 20 heavy (non-hydrogen) atoms. The lowest BCUT2D eigenvalue weighted by molar-refractivity contribution is -0.132. The average Bonchev–Trinajstić information content (AvgIpc) is 2.91. The van der Waals surface area contributed by atoms with Crippen LogP contribution in [0.25, 0.3) is 0 Å². The summed E-state index contributed by atoms with van der Waals surface area (Å²) in [5, 5.41) is 0.720. The first-order valence-corrected chi connectivity index (χ1v) is 7.92. The number of hydrogen-bond donors (Lipinski definition) is 0. The van der Waals surface area contributed by atoms with Crippen molar-refractivity contribution in [2.24, 2.45) is 11.8 Å². The van der Waals surface area contributed by atoms with E-state index in [-0.39, 0.29) is 17.7 Å². The van der Waals surface area contributed by atoms with E-state index in [0.717, 1.165) is 17.0 Å². The molecule has 5 heteroatoms. The van der Waals surface area contributed by atoms with Crippen LogP contribution in [0, 0.1) is 11.8 Å². The van der Waals surface area contributed by atoms with Crippen LogP contribution in [0.15, 0.2) is 24.3 Å². The summed E-state index contributed by atoms with van der Waals surface area (Å²) in [6, 6.07) is 7.68. The van der Waals surface area contributed by atoms with Gasteiger partial charge in [-0.05, 0) is 31.0 Å². The lowest BCUT2D eigenvalue weighted by Crippen LogP contribution is -2.35. The van der Waals surface area contributed by atoms with Gasteiger partial charge in [0.15, 0.2) is 0 Å². The Labute approximate surface area is 135 Å². The molecule has 110 valence electrons. The molecule has 1 fully saturated rings. The highest BCUT2D eigenvalue weighted by atomic mass is 35.5. The van der Waals surface area contributed by atoms with Crippen LogP contribution in [0.4, 0.5) is 0 Å². The number of carbonyl (C=O) groups is 1. The largest absolute Gasteiger partial charge is 0.342 e. The van der Waals surface area contributed by atoms with E-state index in [2.05, 4.69) is 0 Å². The molecule has 1 aliphatic rings. The third-order valence-corrected chi connectivity index (χ3v) is 5.37. The van der Waals surface area contributed by atoms with Gasteiger partial charge in [-0.2, -0.15) is 0 Å². The number of carbonyl (C=O) groups excluding carboxylic acids is 1. The molecule has 0 radical (unpaired) electrons. The number of hydrogen-bond acceptors (Lipinski definition) is 1. The van der Waals surface area contributed by atoms with Gasteiger partial charge in [0.25, 0.3) is 0 Å². The molecule has 1 saturated carbocycles. The van der Waals surface area contributed by atoms with Gasteiger partial charge in [-0.15, -0.1) is 23.2 Å². The molecule has 1 aromatic carbocycles. The molecule has 2 atom stereocenters. The monoisotopic (exact) mass is 333 g/mol. The number of nitrogens with zero attached hydrogens (tertiary/aromatic N) is 1. The molecule has 0 saturated heterocycles. The molecule has 2 nitrogen and oxygen atoms in total. The van der Waals surface area contributed by atoms with Crippen molar-refractivity contribution in [3.63, 3.8) is 0 Å². The molecule has 0 aromatic heterocycles. The Morgan fingerprint density at radius 1 is 1.30 bits per heavy atom. The van der Waals surface area contributed by atoms with Gasteiger partial charge in [0.2, 0.25) is 5.91 Å². The first-order valence-electron chi connectivity index (χ1n) is 6.79. The fourth-order valence-electron chi connectivity index (χ4n) is 2.39. The number of amides is 1. The maximum Gasteiger partial charge on any atom is 0.229 e. The summed E-state index contributed by atoms with van der Waals surface area (Å²) in [4.78, 5) is 14.2. The number of benzene rings is 1. The van der Waals surface area contributed by atoms with Crippen molar-refractivity contribution in [1.29, 1.82) is 0 Å². The van der Waals surface area contributed by atoms with Gasteiger partial charge < -0.3 is 4.90 Å². The molecule has 2 unspecified atom stereocenters. The van der Waals surface area contributed by atoms with Crippen LogP contribution < -0.4 is 0 Å². The lowest BCUT2D eigenvalue weighted by atomic mass is 10.1. The van der Waals surface area contributed by atoms with Crippen LogP contribution in [-0.4, -0.2) is 28.2 Å². The standard InChI is InChI=1S/C15H18Cl3NO/c1-3-19(14(20)13-10(2)15(13,17)18)9-8-11-4-6-12(16)7-5-11/h4-7,10,13H,3,8-9H2,1-2H3. The Balaban J connectivity index is 1.93. The highest BCUT2D eigenvalue weighted by Gasteiger charge is 2.65. The normalized spacial score (nSPS) is 23.4. The van der Waals surface area contributed by atoms with E-state index in [9.17, 15) is 4.79 Å². The van der Waals surface area contributed by atoms with Crippen LogP contribution >= 0.6 is 34.8 Å². The smallest absolute Gasteiger partial charge is 0.229 e. The Hall–Kier alpha value is -0.440. The van der Waals surface area contributed by atoms with Crippen molar-refractivity contribution in [3.8, 4) is 0 Å². The summed E-state index contributed by atoms with van der Waals surface area (Å²) in [6.45, 7) is 5.22. The van der Waals surface area contributed by atoms with Crippen molar-refractivity contribution >= 4 is 40.7 Å². The van der Waals surface area contributed by atoms with Crippen molar-refractivity contribution in [2.75, 3.05) is 13.1 Å². The van der Waals surface area contributed by atoms with Crippen molar-refractivity contribution in [2.45, 2.75) is 24.6 Å². The number of halogens is 3. The molecular formula is C15H18Cl3NO. The SMILES string of the molecule is CCN(CCc1ccc(Cl)cc1)C(=O)C1C(C)C1(Cl)Cl. The van der Waals surface area contributed by atoms with E-state index in [1.54, 1.807) is 0 Å². The molecule has 0 aliphatic heterocycles. The van der Waals surface area contributed by atoms with Crippen LogP contribution in [-0.2, 0) is 11.2 Å². The highest BCUT2D eigenvalue weighted by Crippen LogP contribution is 2.59.